The van der Waals surface area contributed by atoms with Crippen LogP contribution in [0.5, 0.6) is 5.75 Å². The van der Waals surface area contributed by atoms with Gasteiger partial charge >= 0.3 is 6.09 Å². The summed E-state index contributed by atoms with van der Waals surface area (Å²) in [5.41, 5.74) is 0.265. The number of methoxy groups -OCH3 is 1. The van der Waals surface area contributed by atoms with Crippen LogP contribution >= 0.6 is 0 Å². The molecule has 1 aromatic carbocycles. The zero-order valence-corrected chi connectivity index (χ0v) is 18.3. The van der Waals surface area contributed by atoms with Gasteiger partial charge in [0.25, 0.3) is 5.91 Å². The van der Waals surface area contributed by atoms with Crippen LogP contribution in [0, 0.1) is 0 Å². The molecule has 1 aliphatic heterocycles. The molecule has 1 unspecified atom stereocenters. The van der Waals surface area contributed by atoms with E-state index >= 15 is 0 Å². The minimum Gasteiger partial charge on any atom is -0.496 e. The summed E-state index contributed by atoms with van der Waals surface area (Å²) in [4.78, 5) is 28.2. The monoisotopic (exact) mass is 431 g/mol. The van der Waals surface area contributed by atoms with E-state index in [2.05, 4.69) is 10.3 Å². The van der Waals surface area contributed by atoms with E-state index in [1.54, 1.807) is 29.0 Å². The Labute approximate surface area is 181 Å². The molecule has 0 radical (unpaired) electrons. The highest BCUT2D eigenvalue weighted by atomic mass is 16.6. The average molecular weight is 431 g/mol. The van der Waals surface area contributed by atoms with E-state index < -0.39 is 11.7 Å². The van der Waals surface area contributed by atoms with Crippen molar-refractivity contribution >= 4 is 12.0 Å². The van der Waals surface area contributed by atoms with Crippen molar-refractivity contribution in [2.45, 2.75) is 39.0 Å². The molecule has 1 fully saturated rings. The van der Waals surface area contributed by atoms with Crippen LogP contribution in [0.25, 0.3) is 0 Å². The Morgan fingerprint density at radius 3 is 2.42 bits per heavy atom. The Kier molecular flexibility index (Phi) is 6.79. The Balaban J connectivity index is 1.57. The maximum Gasteiger partial charge on any atom is 0.410 e. The number of aliphatic hydroxyl groups is 1. The second-order valence-electron chi connectivity index (χ2n) is 8.34. The first kappa shape index (κ1) is 22.5. The number of nitrogens with zero attached hydrogens (tertiary/aromatic N) is 5. The number of hydrogen-bond donors (Lipinski definition) is 1. The third kappa shape index (κ3) is 5.72. The van der Waals surface area contributed by atoms with Crippen LogP contribution in [0.1, 0.15) is 42.9 Å². The molecule has 2 aromatic rings. The molecule has 1 saturated heterocycles. The van der Waals surface area contributed by atoms with Crippen molar-refractivity contribution in [2.24, 2.45) is 0 Å². The van der Waals surface area contributed by atoms with Crippen LogP contribution in [0.2, 0.25) is 0 Å². The van der Waals surface area contributed by atoms with E-state index in [0.717, 1.165) is 0 Å². The van der Waals surface area contributed by atoms with Gasteiger partial charge in [-0.1, -0.05) is 23.4 Å². The van der Waals surface area contributed by atoms with Crippen molar-refractivity contribution < 1.29 is 24.2 Å². The van der Waals surface area contributed by atoms with Gasteiger partial charge in [-0.15, -0.1) is 5.10 Å². The molecule has 10 heteroatoms. The number of aromatic nitrogens is 3. The van der Waals surface area contributed by atoms with Gasteiger partial charge in [-0.05, 0) is 26.8 Å². The first-order valence-corrected chi connectivity index (χ1v) is 10.2. The summed E-state index contributed by atoms with van der Waals surface area (Å²) in [6, 6.07) is 7.18. The summed E-state index contributed by atoms with van der Waals surface area (Å²) in [5.74, 6) is 0.316. The third-order valence-corrected chi connectivity index (χ3v) is 4.83. The van der Waals surface area contributed by atoms with Gasteiger partial charge in [0.15, 0.2) is 5.69 Å². The van der Waals surface area contributed by atoms with Gasteiger partial charge in [0.05, 0.1) is 19.9 Å². The minimum absolute atomic E-state index is 0.132. The van der Waals surface area contributed by atoms with E-state index in [1.165, 1.54) is 10.9 Å². The van der Waals surface area contributed by atoms with Crippen molar-refractivity contribution in [3.63, 3.8) is 0 Å². The van der Waals surface area contributed by atoms with Gasteiger partial charge in [0.1, 0.15) is 17.5 Å². The quantitative estimate of drug-likeness (QED) is 0.767. The fraction of sp³-hybridized carbons (Fsp3) is 0.524. The molecule has 31 heavy (non-hydrogen) atoms. The molecular weight excluding hydrogens is 402 g/mol. The topological polar surface area (TPSA) is 110 Å². The smallest absolute Gasteiger partial charge is 0.410 e. The second kappa shape index (κ2) is 9.34. The first-order valence-electron chi connectivity index (χ1n) is 10.2. The number of aliphatic hydroxyl groups excluding tert-OH is 1. The highest BCUT2D eigenvalue weighted by Crippen LogP contribution is 2.25. The first-order chi connectivity index (χ1) is 14.7. The third-order valence-electron chi connectivity index (χ3n) is 4.83. The normalized spacial score (nSPS) is 15.5. The molecule has 0 saturated carbocycles. The maximum atomic E-state index is 12.8. The average Bonchev–Trinajstić information content (AvgIpc) is 3.20. The summed E-state index contributed by atoms with van der Waals surface area (Å²) in [6.07, 6.45) is 0.273. The van der Waals surface area contributed by atoms with Crippen LogP contribution < -0.4 is 4.74 Å². The highest BCUT2D eigenvalue weighted by molar-refractivity contribution is 5.92. The number of carbonyl (C=O) groups excluding carboxylic acids is 2. The van der Waals surface area contributed by atoms with Crippen molar-refractivity contribution in [3.8, 4) is 5.75 Å². The molecule has 0 bridgehead atoms. The fourth-order valence-corrected chi connectivity index (χ4v) is 3.28. The summed E-state index contributed by atoms with van der Waals surface area (Å²) >= 11 is 0. The Bertz CT molecular complexity index is 915. The predicted octanol–water partition coefficient (Wildman–Crippen LogP) is 1.71. The van der Waals surface area contributed by atoms with E-state index in [-0.39, 0.29) is 24.2 Å². The molecule has 1 atom stereocenters. The van der Waals surface area contributed by atoms with E-state index in [0.29, 0.717) is 37.5 Å². The number of hydrogen-bond acceptors (Lipinski definition) is 7. The number of ether oxygens (including phenoxy) is 2. The number of carbonyl (C=O) groups is 2. The lowest BCUT2D eigenvalue weighted by molar-refractivity contribution is 0.0140. The fourth-order valence-electron chi connectivity index (χ4n) is 3.28. The molecule has 3 rings (SSSR count). The minimum atomic E-state index is -0.863. The number of piperazine rings is 1. The molecule has 10 nitrogen and oxygen atoms in total. The molecule has 168 valence electrons. The van der Waals surface area contributed by atoms with Gasteiger partial charge < -0.3 is 24.4 Å². The van der Waals surface area contributed by atoms with Crippen molar-refractivity contribution in [2.75, 3.05) is 33.3 Å². The number of rotatable bonds is 5. The lowest BCUT2D eigenvalue weighted by Crippen LogP contribution is -2.51. The van der Waals surface area contributed by atoms with Gasteiger partial charge in [-0.2, -0.15) is 0 Å². The number of para-hydroxylation sites is 1. The Hall–Kier alpha value is -3.14. The zero-order chi connectivity index (χ0) is 22.6. The summed E-state index contributed by atoms with van der Waals surface area (Å²) in [7, 11) is 1.54. The maximum absolute atomic E-state index is 12.8. The predicted molar refractivity (Wildman–Crippen MR) is 112 cm³/mol. The van der Waals surface area contributed by atoms with Gasteiger partial charge in [-0.3, -0.25) is 4.79 Å². The summed E-state index contributed by atoms with van der Waals surface area (Å²) in [6.45, 7) is 7.13. The van der Waals surface area contributed by atoms with Gasteiger partial charge in [-0.25, -0.2) is 9.48 Å². The second-order valence-corrected chi connectivity index (χ2v) is 8.34. The van der Waals surface area contributed by atoms with E-state index in [1.807, 2.05) is 32.9 Å². The lowest BCUT2D eigenvalue weighted by atomic mass is 10.1. The Morgan fingerprint density at radius 1 is 1.13 bits per heavy atom. The van der Waals surface area contributed by atoms with Gasteiger partial charge in [0.2, 0.25) is 0 Å². The lowest BCUT2D eigenvalue weighted by Gasteiger charge is -2.35. The number of benzene rings is 1. The van der Waals surface area contributed by atoms with Gasteiger partial charge in [0, 0.05) is 31.7 Å². The summed E-state index contributed by atoms with van der Waals surface area (Å²) < 4.78 is 12.1. The molecule has 1 aliphatic rings. The van der Waals surface area contributed by atoms with Crippen molar-refractivity contribution in [1.29, 1.82) is 0 Å². The standard InChI is InChI=1S/C21H29N5O5/c1-21(2,3)31-20(29)25-11-9-24(10-12-25)19(28)16-13-26(23-22-16)14-17(27)15-7-5-6-8-18(15)30-4/h5-8,13,17,27H,9-12,14H2,1-4H3. The van der Waals surface area contributed by atoms with Crippen LogP contribution in [-0.4, -0.2) is 80.8 Å². The largest absolute Gasteiger partial charge is 0.496 e. The molecular formula is C21H29N5O5. The van der Waals surface area contributed by atoms with Crippen molar-refractivity contribution in [1.82, 2.24) is 24.8 Å². The molecule has 1 N–H and O–H groups in total. The van der Waals surface area contributed by atoms with Crippen LogP contribution in [-0.2, 0) is 11.3 Å². The molecule has 1 aromatic heterocycles. The van der Waals surface area contributed by atoms with E-state index in [4.69, 9.17) is 9.47 Å². The van der Waals surface area contributed by atoms with Crippen LogP contribution in [0.3, 0.4) is 0 Å². The SMILES string of the molecule is COc1ccccc1C(O)Cn1cc(C(=O)N2CCN(C(=O)OC(C)(C)C)CC2)nn1. The molecule has 2 heterocycles. The summed E-state index contributed by atoms with van der Waals surface area (Å²) in [5, 5.41) is 18.5. The zero-order valence-electron chi connectivity index (χ0n) is 18.3. The molecule has 2 amide bonds. The van der Waals surface area contributed by atoms with Crippen LogP contribution in [0.15, 0.2) is 30.5 Å². The Morgan fingerprint density at radius 2 is 1.77 bits per heavy atom. The number of amides is 2. The van der Waals surface area contributed by atoms with E-state index in [9.17, 15) is 14.7 Å². The van der Waals surface area contributed by atoms with Crippen LogP contribution in [0.4, 0.5) is 4.79 Å². The molecule has 0 aliphatic carbocycles. The van der Waals surface area contributed by atoms with Crippen molar-refractivity contribution in [3.05, 3.63) is 41.7 Å². The highest BCUT2D eigenvalue weighted by Gasteiger charge is 2.29. The molecule has 0 spiro atoms.